The third-order valence-electron chi connectivity index (χ3n) is 6.84. The molecule has 2 bridgehead atoms. The summed E-state index contributed by atoms with van der Waals surface area (Å²) >= 11 is 3.43. The smallest absolute Gasteiger partial charge is 0.248 e. The van der Waals surface area contributed by atoms with Crippen LogP contribution >= 0.6 is 15.9 Å². The van der Waals surface area contributed by atoms with E-state index in [2.05, 4.69) is 33.4 Å². The number of amides is 3. The van der Waals surface area contributed by atoms with E-state index < -0.39 is 6.04 Å². The Hall–Kier alpha value is -2.73. The maximum absolute atomic E-state index is 13.4. The molecule has 2 aromatic rings. The number of halogens is 1. The highest BCUT2D eigenvalue weighted by molar-refractivity contribution is 9.10. The molecule has 2 aliphatic carbocycles. The van der Waals surface area contributed by atoms with Gasteiger partial charge in [-0.3, -0.25) is 19.3 Å². The first-order chi connectivity index (χ1) is 14.9. The first-order valence-electron chi connectivity index (χ1n) is 10.6. The van der Waals surface area contributed by atoms with Gasteiger partial charge in [0, 0.05) is 16.6 Å². The molecule has 3 amide bonds. The van der Waals surface area contributed by atoms with Crippen LogP contribution in [0.1, 0.15) is 17.5 Å². The third-order valence-corrected chi connectivity index (χ3v) is 7.33. The fourth-order valence-electron chi connectivity index (χ4n) is 5.35. The van der Waals surface area contributed by atoms with Crippen LogP contribution in [0.2, 0.25) is 0 Å². The zero-order valence-corrected chi connectivity index (χ0v) is 18.7. The lowest BCUT2D eigenvalue weighted by Crippen LogP contribution is -2.49. The number of hydrogen-bond donors (Lipinski definition) is 1. The van der Waals surface area contributed by atoms with Crippen molar-refractivity contribution in [1.82, 2.24) is 4.90 Å². The average molecular weight is 479 g/mol. The second-order valence-electron chi connectivity index (χ2n) is 8.70. The fourth-order valence-corrected chi connectivity index (χ4v) is 5.83. The zero-order chi connectivity index (χ0) is 21.7. The topological polar surface area (TPSA) is 66.5 Å². The number of likely N-dealkylation sites (tertiary alicyclic amines) is 1. The van der Waals surface area contributed by atoms with Crippen LogP contribution < -0.4 is 5.32 Å². The number of carbonyl (C=O) groups excluding carboxylic acids is 3. The van der Waals surface area contributed by atoms with E-state index in [0.717, 1.165) is 22.0 Å². The highest BCUT2D eigenvalue weighted by Crippen LogP contribution is 2.53. The van der Waals surface area contributed by atoms with E-state index in [1.807, 2.05) is 55.5 Å². The third kappa shape index (κ3) is 3.43. The lowest BCUT2D eigenvalue weighted by Gasteiger charge is -2.27. The Labute approximate surface area is 189 Å². The molecule has 158 valence electrons. The van der Waals surface area contributed by atoms with Crippen LogP contribution in [0.25, 0.3) is 0 Å². The summed E-state index contributed by atoms with van der Waals surface area (Å²) in [6, 6.07) is 14.3. The predicted molar refractivity (Wildman–Crippen MR) is 121 cm³/mol. The number of allylic oxidation sites excluding steroid dienone is 2. The highest BCUT2D eigenvalue weighted by Gasteiger charge is 2.61. The molecule has 2 fully saturated rings. The lowest BCUT2D eigenvalue weighted by atomic mass is 9.85. The molecule has 3 aliphatic rings. The van der Waals surface area contributed by atoms with E-state index in [-0.39, 0.29) is 41.4 Å². The van der Waals surface area contributed by atoms with Crippen molar-refractivity contribution < 1.29 is 14.4 Å². The molecule has 0 unspecified atom stereocenters. The maximum atomic E-state index is 13.4. The Bertz CT molecular complexity index is 1070. The summed E-state index contributed by atoms with van der Waals surface area (Å²) in [7, 11) is 0. The molecule has 5 nitrogen and oxygen atoms in total. The first-order valence-corrected chi connectivity index (χ1v) is 11.4. The van der Waals surface area contributed by atoms with Crippen molar-refractivity contribution in [2.75, 3.05) is 5.32 Å². The number of nitrogens with one attached hydrogen (secondary N) is 1. The Morgan fingerprint density at radius 3 is 2.32 bits per heavy atom. The molecule has 1 aliphatic heterocycles. The van der Waals surface area contributed by atoms with E-state index in [0.29, 0.717) is 12.1 Å². The largest absolute Gasteiger partial charge is 0.324 e. The van der Waals surface area contributed by atoms with Crippen molar-refractivity contribution in [1.29, 1.82) is 0 Å². The maximum Gasteiger partial charge on any atom is 0.248 e. The van der Waals surface area contributed by atoms with Gasteiger partial charge in [0.2, 0.25) is 17.7 Å². The van der Waals surface area contributed by atoms with Crippen LogP contribution in [0, 0.1) is 30.6 Å². The van der Waals surface area contributed by atoms with Gasteiger partial charge in [-0.05, 0) is 54.5 Å². The molecular weight excluding hydrogens is 456 g/mol. The summed E-state index contributed by atoms with van der Waals surface area (Å²) in [6.07, 6.45) is 5.30. The van der Waals surface area contributed by atoms with Gasteiger partial charge in [-0.15, -0.1) is 0 Å². The molecule has 2 aromatic carbocycles. The quantitative estimate of drug-likeness (QED) is 0.519. The van der Waals surface area contributed by atoms with E-state index in [1.54, 1.807) is 0 Å². The molecule has 6 heteroatoms. The van der Waals surface area contributed by atoms with Crippen molar-refractivity contribution in [3.63, 3.8) is 0 Å². The van der Waals surface area contributed by atoms with E-state index >= 15 is 0 Å². The van der Waals surface area contributed by atoms with Crippen LogP contribution in [0.3, 0.4) is 0 Å². The minimum Gasteiger partial charge on any atom is -0.324 e. The van der Waals surface area contributed by atoms with Crippen LogP contribution in [0.5, 0.6) is 0 Å². The van der Waals surface area contributed by atoms with Gasteiger partial charge in [0.05, 0.1) is 11.8 Å². The SMILES string of the molecule is Cc1cc(Br)ccc1NC(=O)[C@H](Cc1ccccc1)N1C(=O)[C@@H]2[C@H](C1=O)[C@H]1C=C[C@H]2C1. The van der Waals surface area contributed by atoms with Crippen molar-refractivity contribution in [2.45, 2.75) is 25.8 Å². The number of imide groups is 1. The van der Waals surface area contributed by atoms with Crippen LogP contribution in [-0.2, 0) is 20.8 Å². The van der Waals surface area contributed by atoms with Crippen molar-refractivity contribution >= 4 is 39.3 Å². The van der Waals surface area contributed by atoms with Gasteiger partial charge in [-0.1, -0.05) is 58.4 Å². The lowest BCUT2D eigenvalue weighted by molar-refractivity contribution is -0.147. The summed E-state index contributed by atoms with van der Waals surface area (Å²) in [5.74, 6) is -1.13. The molecule has 1 saturated heterocycles. The standard InChI is InChI=1S/C25H23BrN2O3/c1-14-11-18(26)9-10-19(14)27-23(29)20(12-15-5-3-2-4-6-15)28-24(30)21-16-7-8-17(13-16)22(21)25(28)31/h2-11,16-17,20-22H,12-13H2,1H3,(H,27,29)/t16-,17-,20-,21-,22+/m0/s1. The molecule has 5 rings (SSSR count). The molecule has 1 N–H and O–H groups in total. The van der Waals surface area contributed by atoms with Gasteiger partial charge in [-0.2, -0.15) is 0 Å². The minimum atomic E-state index is -0.879. The number of hydrogen-bond acceptors (Lipinski definition) is 3. The van der Waals surface area contributed by atoms with Crippen LogP contribution in [0.4, 0.5) is 5.69 Å². The van der Waals surface area contributed by atoms with Gasteiger partial charge in [0.15, 0.2) is 0 Å². The number of benzene rings is 2. The first kappa shape index (κ1) is 20.2. The number of anilines is 1. The number of aryl methyl sites for hydroxylation is 1. The molecule has 0 aromatic heterocycles. The van der Waals surface area contributed by atoms with Crippen LogP contribution in [0.15, 0.2) is 65.2 Å². The number of rotatable bonds is 5. The van der Waals surface area contributed by atoms with Crippen molar-refractivity contribution in [2.24, 2.45) is 23.7 Å². The van der Waals surface area contributed by atoms with Gasteiger partial charge in [-0.25, -0.2) is 0 Å². The van der Waals surface area contributed by atoms with Gasteiger partial charge >= 0.3 is 0 Å². The van der Waals surface area contributed by atoms with Gasteiger partial charge < -0.3 is 5.32 Å². The number of nitrogens with zero attached hydrogens (tertiary/aromatic N) is 1. The molecule has 1 heterocycles. The summed E-state index contributed by atoms with van der Waals surface area (Å²) in [5, 5.41) is 2.96. The zero-order valence-electron chi connectivity index (χ0n) is 17.1. The molecule has 0 radical (unpaired) electrons. The molecule has 0 spiro atoms. The van der Waals surface area contributed by atoms with E-state index in [1.165, 1.54) is 4.90 Å². The second kappa shape index (κ2) is 7.75. The van der Waals surface area contributed by atoms with Crippen LogP contribution in [-0.4, -0.2) is 28.7 Å². The summed E-state index contributed by atoms with van der Waals surface area (Å²) < 4.78 is 0.921. The van der Waals surface area contributed by atoms with E-state index in [4.69, 9.17) is 0 Å². The Morgan fingerprint density at radius 2 is 1.71 bits per heavy atom. The van der Waals surface area contributed by atoms with Crippen molar-refractivity contribution in [3.05, 3.63) is 76.3 Å². The normalized spacial score (nSPS) is 27.0. The minimum absolute atomic E-state index is 0.116. The monoisotopic (exact) mass is 478 g/mol. The molecule has 31 heavy (non-hydrogen) atoms. The second-order valence-corrected chi connectivity index (χ2v) is 9.62. The summed E-state index contributed by atoms with van der Waals surface area (Å²) in [4.78, 5) is 41.5. The van der Waals surface area contributed by atoms with Gasteiger partial charge in [0.25, 0.3) is 0 Å². The Morgan fingerprint density at radius 1 is 1.06 bits per heavy atom. The number of fused-ring (bicyclic) bond motifs is 5. The molecule has 1 saturated carbocycles. The molecular formula is C25H23BrN2O3. The fraction of sp³-hybridized carbons (Fsp3) is 0.320. The Kier molecular flexibility index (Phi) is 5.05. The molecule has 5 atom stereocenters. The van der Waals surface area contributed by atoms with Crippen molar-refractivity contribution in [3.8, 4) is 0 Å². The van der Waals surface area contributed by atoms with E-state index in [9.17, 15) is 14.4 Å². The predicted octanol–water partition coefficient (Wildman–Crippen LogP) is 4.11. The summed E-state index contributed by atoms with van der Waals surface area (Å²) in [5.41, 5.74) is 2.49. The Balaban J connectivity index is 1.47. The summed E-state index contributed by atoms with van der Waals surface area (Å²) in [6.45, 7) is 1.91. The highest BCUT2D eigenvalue weighted by atomic mass is 79.9. The average Bonchev–Trinajstić information content (AvgIpc) is 3.43. The number of carbonyl (C=O) groups is 3. The van der Waals surface area contributed by atoms with Gasteiger partial charge in [0.1, 0.15) is 6.04 Å².